The highest BCUT2D eigenvalue weighted by atomic mass is 16.7. The number of hydrogen-bond acceptors (Lipinski definition) is 4. The molecule has 0 saturated heterocycles. The van der Waals surface area contributed by atoms with E-state index in [-0.39, 0.29) is 0 Å². The molecular weight excluding hydrogens is 206 g/mol. The van der Waals surface area contributed by atoms with Gasteiger partial charge in [0, 0.05) is 6.54 Å². The maximum absolute atomic E-state index is 10.6. The summed E-state index contributed by atoms with van der Waals surface area (Å²) in [5, 5.41) is 3.26. The molecule has 0 atom stereocenters. The molecule has 0 amide bonds. The lowest BCUT2D eigenvalue weighted by Crippen LogP contribution is -2.17. The van der Waals surface area contributed by atoms with E-state index >= 15 is 0 Å². The van der Waals surface area contributed by atoms with Crippen LogP contribution in [0.4, 0.5) is 4.79 Å². The first-order valence-electron chi connectivity index (χ1n) is 5.28. The molecule has 0 aliphatic rings. The topological polar surface area (TPSA) is 47.6 Å². The van der Waals surface area contributed by atoms with Gasteiger partial charge in [-0.3, -0.25) is 0 Å². The van der Waals surface area contributed by atoms with Crippen LogP contribution in [0.2, 0.25) is 0 Å². The first kappa shape index (κ1) is 12.5. The molecule has 0 aromatic heterocycles. The monoisotopic (exact) mass is 223 g/mol. The molecule has 4 nitrogen and oxygen atoms in total. The van der Waals surface area contributed by atoms with Crippen molar-refractivity contribution in [2.75, 3.05) is 20.3 Å². The van der Waals surface area contributed by atoms with Gasteiger partial charge < -0.3 is 14.8 Å². The molecule has 0 saturated carbocycles. The maximum Gasteiger partial charge on any atom is 0.507 e. The SMILES string of the molecule is COC(=O)OCCCNCc1ccccc1. The quantitative estimate of drug-likeness (QED) is 0.591. The first-order chi connectivity index (χ1) is 7.83. The second-order valence-corrected chi connectivity index (χ2v) is 3.32. The standard InChI is InChI=1S/C12H17NO3/c1-15-12(14)16-9-5-8-13-10-11-6-3-2-4-7-11/h2-4,6-7,13H,5,8-10H2,1H3. The third kappa shape index (κ3) is 5.36. The third-order valence-electron chi connectivity index (χ3n) is 2.06. The molecule has 0 bridgehead atoms. The fourth-order valence-corrected chi connectivity index (χ4v) is 1.24. The minimum atomic E-state index is -0.622. The average molecular weight is 223 g/mol. The minimum absolute atomic E-state index is 0.383. The van der Waals surface area contributed by atoms with Crippen molar-refractivity contribution in [3.63, 3.8) is 0 Å². The number of nitrogens with one attached hydrogen (secondary N) is 1. The van der Waals surface area contributed by atoms with Crippen LogP contribution < -0.4 is 5.32 Å². The van der Waals surface area contributed by atoms with Gasteiger partial charge in [0.2, 0.25) is 0 Å². The van der Waals surface area contributed by atoms with Gasteiger partial charge >= 0.3 is 6.16 Å². The lowest BCUT2D eigenvalue weighted by atomic mass is 10.2. The Kier molecular flexibility index (Phi) is 6.03. The lowest BCUT2D eigenvalue weighted by molar-refractivity contribution is 0.0719. The van der Waals surface area contributed by atoms with Gasteiger partial charge in [0.15, 0.2) is 0 Å². The van der Waals surface area contributed by atoms with Gasteiger partial charge in [-0.25, -0.2) is 4.79 Å². The summed E-state index contributed by atoms with van der Waals surface area (Å²) >= 11 is 0. The average Bonchev–Trinajstić information content (AvgIpc) is 2.34. The van der Waals surface area contributed by atoms with E-state index in [1.54, 1.807) is 0 Å². The molecule has 0 aliphatic heterocycles. The van der Waals surface area contributed by atoms with Gasteiger partial charge in [-0.1, -0.05) is 30.3 Å². The number of rotatable bonds is 6. The van der Waals surface area contributed by atoms with Gasteiger partial charge in [-0.15, -0.1) is 0 Å². The molecule has 0 unspecified atom stereocenters. The van der Waals surface area contributed by atoms with Gasteiger partial charge in [-0.05, 0) is 18.5 Å². The molecule has 4 heteroatoms. The molecule has 1 aromatic rings. The number of carbonyl (C=O) groups excluding carboxylic acids is 1. The smallest absolute Gasteiger partial charge is 0.438 e. The van der Waals surface area contributed by atoms with Gasteiger partial charge in [0.1, 0.15) is 0 Å². The Morgan fingerprint density at radius 2 is 2.06 bits per heavy atom. The van der Waals surface area contributed by atoms with E-state index in [0.29, 0.717) is 6.61 Å². The van der Waals surface area contributed by atoms with Crippen LogP contribution in [-0.4, -0.2) is 26.4 Å². The fraction of sp³-hybridized carbons (Fsp3) is 0.417. The zero-order valence-corrected chi connectivity index (χ0v) is 9.44. The third-order valence-corrected chi connectivity index (χ3v) is 2.06. The Labute approximate surface area is 95.6 Å². The van der Waals surface area contributed by atoms with Crippen LogP contribution in [0.5, 0.6) is 0 Å². The summed E-state index contributed by atoms with van der Waals surface area (Å²) in [7, 11) is 1.30. The number of methoxy groups -OCH3 is 1. The molecule has 0 heterocycles. The van der Waals surface area contributed by atoms with Crippen molar-refractivity contribution in [1.29, 1.82) is 0 Å². The largest absolute Gasteiger partial charge is 0.507 e. The Morgan fingerprint density at radius 1 is 1.31 bits per heavy atom. The minimum Gasteiger partial charge on any atom is -0.438 e. The van der Waals surface area contributed by atoms with Crippen LogP contribution >= 0.6 is 0 Å². The van der Waals surface area contributed by atoms with Crippen LogP contribution in [-0.2, 0) is 16.0 Å². The maximum atomic E-state index is 10.6. The van der Waals surface area contributed by atoms with Crippen molar-refractivity contribution >= 4 is 6.16 Å². The van der Waals surface area contributed by atoms with Crippen molar-refractivity contribution in [2.45, 2.75) is 13.0 Å². The predicted molar refractivity (Wildman–Crippen MR) is 61.1 cm³/mol. The van der Waals surface area contributed by atoms with E-state index in [1.807, 2.05) is 18.2 Å². The summed E-state index contributed by atoms with van der Waals surface area (Å²) in [6, 6.07) is 10.2. The molecule has 1 rings (SSSR count). The highest BCUT2D eigenvalue weighted by Gasteiger charge is 1.98. The molecule has 0 spiro atoms. The second-order valence-electron chi connectivity index (χ2n) is 3.32. The molecule has 0 aliphatic carbocycles. The van der Waals surface area contributed by atoms with Crippen LogP contribution in [0.15, 0.2) is 30.3 Å². The molecule has 1 aromatic carbocycles. The molecule has 1 N–H and O–H groups in total. The number of carbonyl (C=O) groups is 1. The zero-order valence-electron chi connectivity index (χ0n) is 9.44. The summed E-state index contributed by atoms with van der Waals surface area (Å²) in [5.41, 5.74) is 1.25. The molecule has 88 valence electrons. The summed E-state index contributed by atoms with van der Waals surface area (Å²) < 4.78 is 9.09. The van der Waals surface area contributed by atoms with Crippen LogP contribution in [0.25, 0.3) is 0 Å². The van der Waals surface area contributed by atoms with E-state index in [9.17, 15) is 4.79 Å². The highest BCUT2D eigenvalue weighted by Crippen LogP contribution is 1.97. The van der Waals surface area contributed by atoms with E-state index in [0.717, 1.165) is 19.5 Å². The zero-order chi connectivity index (χ0) is 11.6. The first-order valence-corrected chi connectivity index (χ1v) is 5.28. The number of benzene rings is 1. The molecular formula is C12H17NO3. The number of hydrogen-bond donors (Lipinski definition) is 1. The van der Waals surface area contributed by atoms with Gasteiger partial charge in [-0.2, -0.15) is 0 Å². The van der Waals surface area contributed by atoms with Crippen molar-refractivity contribution in [1.82, 2.24) is 5.32 Å². The van der Waals surface area contributed by atoms with Gasteiger partial charge in [0.25, 0.3) is 0 Å². The van der Waals surface area contributed by atoms with Crippen LogP contribution in [0.3, 0.4) is 0 Å². The normalized spacial score (nSPS) is 9.81. The van der Waals surface area contributed by atoms with Crippen LogP contribution in [0.1, 0.15) is 12.0 Å². The molecule has 16 heavy (non-hydrogen) atoms. The van der Waals surface area contributed by atoms with E-state index < -0.39 is 6.16 Å². The summed E-state index contributed by atoms with van der Waals surface area (Å²) in [6.45, 7) is 2.03. The van der Waals surface area contributed by atoms with E-state index in [2.05, 4.69) is 22.2 Å². The Bertz CT molecular complexity index is 300. The van der Waals surface area contributed by atoms with E-state index in [1.165, 1.54) is 12.7 Å². The Morgan fingerprint density at radius 3 is 2.75 bits per heavy atom. The van der Waals surface area contributed by atoms with Gasteiger partial charge in [0.05, 0.1) is 13.7 Å². The van der Waals surface area contributed by atoms with Crippen molar-refractivity contribution in [3.05, 3.63) is 35.9 Å². The lowest BCUT2D eigenvalue weighted by Gasteiger charge is -2.05. The predicted octanol–water partition coefficient (Wildman–Crippen LogP) is 1.95. The molecule has 0 fully saturated rings. The van der Waals surface area contributed by atoms with Crippen molar-refractivity contribution in [2.24, 2.45) is 0 Å². The Balaban J connectivity index is 1.98. The Hall–Kier alpha value is -1.55. The van der Waals surface area contributed by atoms with Crippen LogP contribution in [0, 0.1) is 0 Å². The second kappa shape index (κ2) is 7.70. The van der Waals surface area contributed by atoms with Crippen molar-refractivity contribution < 1.29 is 14.3 Å². The fourth-order valence-electron chi connectivity index (χ4n) is 1.24. The van der Waals surface area contributed by atoms with E-state index in [4.69, 9.17) is 4.74 Å². The summed E-state index contributed by atoms with van der Waals surface area (Å²) in [4.78, 5) is 10.6. The van der Waals surface area contributed by atoms with Crippen molar-refractivity contribution in [3.8, 4) is 0 Å². The number of ether oxygens (including phenoxy) is 2. The summed E-state index contributed by atoms with van der Waals surface area (Å²) in [6.07, 6.45) is 0.158. The highest BCUT2D eigenvalue weighted by molar-refractivity contribution is 5.59. The molecule has 0 radical (unpaired) electrons. The summed E-state index contributed by atoms with van der Waals surface area (Å²) in [5.74, 6) is 0.